The minimum absolute atomic E-state index is 0.398. The molecule has 3 rings (SSSR count). The van der Waals surface area contributed by atoms with E-state index < -0.39 is 0 Å². The summed E-state index contributed by atoms with van der Waals surface area (Å²) in [4.78, 5) is 15.2. The van der Waals surface area contributed by atoms with Crippen molar-refractivity contribution in [2.24, 2.45) is 5.84 Å². The van der Waals surface area contributed by atoms with Gasteiger partial charge in [0.25, 0.3) is 0 Å². The van der Waals surface area contributed by atoms with E-state index in [0.29, 0.717) is 27.4 Å². The first-order valence-electron chi connectivity index (χ1n) is 6.07. The molecule has 0 aliphatic rings. The molecule has 0 bridgehead atoms. The fraction of sp³-hybridized carbons (Fsp3) is 0.154. The number of hydrogen-bond acceptors (Lipinski definition) is 6. The normalized spacial score (nSPS) is 11.1. The summed E-state index contributed by atoms with van der Waals surface area (Å²) >= 11 is 13.6. The van der Waals surface area contributed by atoms with Crippen molar-refractivity contribution in [1.82, 2.24) is 15.0 Å². The fourth-order valence-corrected chi connectivity index (χ4v) is 3.53. The van der Waals surface area contributed by atoms with Crippen molar-refractivity contribution in [1.29, 1.82) is 0 Å². The van der Waals surface area contributed by atoms with Gasteiger partial charge in [-0.05, 0) is 25.5 Å². The Hall–Kier alpha value is -1.47. The van der Waals surface area contributed by atoms with E-state index in [0.717, 1.165) is 15.8 Å². The summed E-state index contributed by atoms with van der Waals surface area (Å²) in [6, 6.07) is 1.61. The summed E-state index contributed by atoms with van der Waals surface area (Å²) < 4.78 is 0. The third-order valence-corrected chi connectivity index (χ3v) is 4.78. The molecule has 3 aromatic heterocycles. The second kappa shape index (κ2) is 5.38. The number of aromatic nitrogens is 3. The number of nitrogens with two attached hydrogens (primary N) is 1. The Kier molecular flexibility index (Phi) is 3.71. The highest BCUT2D eigenvalue weighted by molar-refractivity contribution is 7.18. The maximum Gasteiger partial charge on any atom is 0.183 e. The molecule has 21 heavy (non-hydrogen) atoms. The van der Waals surface area contributed by atoms with Crippen LogP contribution < -0.4 is 11.3 Å². The van der Waals surface area contributed by atoms with Gasteiger partial charge < -0.3 is 5.43 Å². The third-order valence-electron chi connectivity index (χ3n) is 3.19. The van der Waals surface area contributed by atoms with Crippen molar-refractivity contribution in [3.8, 4) is 11.5 Å². The second-order valence-corrected chi connectivity index (χ2v) is 6.53. The molecule has 0 fully saturated rings. The lowest BCUT2D eigenvalue weighted by Crippen LogP contribution is -2.10. The molecule has 0 spiro atoms. The van der Waals surface area contributed by atoms with Gasteiger partial charge in [0.1, 0.15) is 10.5 Å². The highest BCUT2D eigenvalue weighted by Gasteiger charge is 2.17. The quantitative estimate of drug-likeness (QED) is 0.545. The Morgan fingerprint density at radius 1 is 1.24 bits per heavy atom. The predicted molar refractivity (Wildman–Crippen MR) is 88.0 cm³/mol. The van der Waals surface area contributed by atoms with Gasteiger partial charge in [0.05, 0.1) is 15.4 Å². The maximum absolute atomic E-state index is 6.17. The van der Waals surface area contributed by atoms with E-state index >= 15 is 0 Å². The maximum atomic E-state index is 6.17. The summed E-state index contributed by atoms with van der Waals surface area (Å²) in [5.41, 5.74) is 4.21. The number of nitrogens with one attached hydrogen (secondary N) is 1. The molecule has 0 radical (unpaired) electrons. The zero-order valence-corrected chi connectivity index (χ0v) is 13.6. The summed E-state index contributed by atoms with van der Waals surface area (Å²) in [5.74, 6) is 6.57. The highest BCUT2D eigenvalue weighted by atomic mass is 35.5. The van der Waals surface area contributed by atoms with Gasteiger partial charge in [-0.15, -0.1) is 11.3 Å². The van der Waals surface area contributed by atoms with Crippen molar-refractivity contribution in [3.63, 3.8) is 0 Å². The number of rotatable bonds is 2. The average molecular weight is 340 g/mol. The van der Waals surface area contributed by atoms with Crippen molar-refractivity contribution >= 4 is 50.6 Å². The molecular formula is C13H11Cl2N5S. The molecule has 0 aromatic carbocycles. The third kappa shape index (κ3) is 2.44. The molecule has 108 valence electrons. The van der Waals surface area contributed by atoms with Crippen LogP contribution in [0.25, 0.3) is 21.7 Å². The minimum Gasteiger partial charge on any atom is -0.308 e. The van der Waals surface area contributed by atoms with Gasteiger partial charge >= 0.3 is 0 Å². The Morgan fingerprint density at radius 3 is 2.67 bits per heavy atom. The summed E-state index contributed by atoms with van der Waals surface area (Å²) in [7, 11) is 0. The monoisotopic (exact) mass is 339 g/mol. The van der Waals surface area contributed by atoms with E-state index in [4.69, 9.17) is 29.0 Å². The van der Waals surface area contributed by atoms with Crippen LogP contribution in [-0.4, -0.2) is 15.0 Å². The number of thiophene rings is 1. The molecule has 0 amide bonds. The van der Waals surface area contributed by atoms with Gasteiger partial charge in [0, 0.05) is 11.1 Å². The summed E-state index contributed by atoms with van der Waals surface area (Å²) in [6.45, 7) is 4.06. The molecular weight excluding hydrogens is 329 g/mol. The van der Waals surface area contributed by atoms with Gasteiger partial charge in [-0.3, -0.25) is 0 Å². The number of aryl methyl sites for hydroxylation is 2. The van der Waals surface area contributed by atoms with Gasteiger partial charge in [0.15, 0.2) is 11.6 Å². The topological polar surface area (TPSA) is 76.7 Å². The first-order valence-corrected chi connectivity index (χ1v) is 7.64. The number of fused-ring (bicyclic) bond motifs is 1. The SMILES string of the molecule is Cc1sc2nc(-c3ncc(Cl)cc3Cl)nc(NN)c2c1C. The average Bonchev–Trinajstić information content (AvgIpc) is 2.73. The van der Waals surface area contributed by atoms with Crippen LogP contribution >= 0.6 is 34.5 Å². The van der Waals surface area contributed by atoms with Crippen LogP contribution in [0.2, 0.25) is 10.0 Å². The van der Waals surface area contributed by atoms with Crippen LogP contribution in [0.4, 0.5) is 5.82 Å². The Balaban J connectivity index is 2.29. The van der Waals surface area contributed by atoms with E-state index in [1.54, 1.807) is 17.4 Å². The van der Waals surface area contributed by atoms with Gasteiger partial charge in [-0.2, -0.15) is 0 Å². The van der Waals surface area contributed by atoms with Crippen LogP contribution in [0, 0.1) is 13.8 Å². The van der Waals surface area contributed by atoms with Crippen molar-refractivity contribution in [2.45, 2.75) is 13.8 Å². The molecule has 3 heterocycles. The molecule has 0 aliphatic carbocycles. The van der Waals surface area contributed by atoms with Crippen molar-refractivity contribution in [2.75, 3.05) is 5.43 Å². The lowest BCUT2D eigenvalue weighted by Gasteiger charge is -2.07. The van der Waals surface area contributed by atoms with Crippen LogP contribution in [-0.2, 0) is 0 Å². The number of pyridine rings is 1. The molecule has 8 heteroatoms. The van der Waals surface area contributed by atoms with E-state index in [1.807, 2.05) is 13.8 Å². The van der Waals surface area contributed by atoms with Crippen molar-refractivity contribution < 1.29 is 0 Å². The second-order valence-electron chi connectivity index (χ2n) is 4.49. The largest absolute Gasteiger partial charge is 0.308 e. The number of anilines is 1. The van der Waals surface area contributed by atoms with Crippen molar-refractivity contribution in [3.05, 3.63) is 32.7 Å². The van der Waals surface area contributed by atoms with Crippen LogP contribution in [0.1, 0.15) is 10.4 Å². The number of hydrogen-bond donors (Lipinski definition) is 2. The van der Waals surface area contributed by atoms with Crippen LogP contribution in [0.5, 0.6) is 0 Å². The lowest BCUT2D eigenvalue weighted by atomic mass is 10.2. The number of hydrazine groups is 1. The zero-order chi connectivity index (χ0) is 15.1. The minimum atomic E-state index is 0.398. The van der Waals surface area contributed by atoms with E-state index in [2.05, 4.69) is 20.4 Å². The molecule has 0 unspecified atom stereocenters. The summed E-state index contributed by atoms with van der Waals surface area (Å²) in [5, 5.41) is 1.79. The highest BCUT2D eigenvalue weighted by Crippen LogP contribution is 2.35. The molecule has 3 aromatic rings. The Bertz CT molecular complexity index is 846. The van der Waals surface area contributed by atoms with Gasteiger partial charge in [-0.1, -0.05) is 23.2 Å². The Morgan fingerprint density at radius 2 is 2.00 bits per heavy atom. The lowest BCUT2D eigenvalue weighted by molar-refractivity contribution is 1.16. The molecule has 5 nitrogen and oxygen atoms in total. The first kappa shape index (κ1) is 14.5. The van der Waals surface area contributed by atoms with Crippen LogP contribution in [0.15, 0.2) is 12.3 Å². The first-order chi connectivity index (χ1) is 10.0. The zero-order valence-electron chi connectivity index (χ0n) is 11.2. The molecule has 3 N–H and O–H groups in total. The molecule has 0 aliphatic heterocycles. The standard InChI is InChI=1S/C13H11Cl2N5S/c1-5-6(2)21-13-9(5)11(20-16)18-12(19-13)10-8(15)3-7(14)4-17-10/h3-4H,16H2,1-2H3,(H,18,19,20). The van der Waals surface area contributed by atoms with Crippen LogP contribution in [0.3, 0.4) is 0 Å². The fourth-order valence-electron chi connectivity index (χ4n) is 2.04. The number of nitrogens with zero attached hydrogens (tertiary/aromatic N) is 3. The van der Waals surface area contributed by atoms with E-state index in [9.17, 15) is 0 Å². The number of nitrogen functional groups attached to an aromatic ring is 1. The molecule has 0 atom stereocenters. The van der Waals surface area contributed by atoms with Gasteiger partial charge in [0.2, 0.25) is 0 Å². The number of halogens is 2. The van der Waals surface area contributed by atoms with E-state index in [-0.39, 0.29) is 0 Å². The Labute approximate surface area is 135 Å². The molecule has 0 saturated carbocycles. The summed E-state index contributed by atoms with van der Waals surface area (Å²) in [6.07, 6.45) is 1.51. The predicted octanol–water partition coefficient (Wildman–Crippen LogP) is 3.96. The van der Waals surface area contributed by atoms with Gasteiger partial charge in [-0.25, -0.2) is 20.8 Å². The van der Waals surface area contributed by atoms with E-state index in [1.165, 1.54) is 11.1 Å². The molecule has 0 saturated heterocycles. The smallest absolute Gasteiger partial charge is 0.183 e.